The van der Waals surface area contributed by atoms with Gasteiger partial charge in [0.2, 0.25) is 0 Å². The molecule has 3 rings (SSSR count). The summed E-state index contributed by atoms with van der Waals surface area (Å²) in [5.41, 5.74) is 4.95. The smallest absolute Gasteiger partial charge is 0.368 e. The number of nitrogens with two attached hydrogens (primary N) is 1. The molecule has 1 aliphatic rings. The topological polar surface area (TPSA) is 96.2 Å². The number of alkyl halides is 3. The Morgan fingerprint density at radius 1 is 1.29 bits per heavy atom. The van der Waals surface area contributed by atoms with Gasteiger partial charge in [0.25, 0.3) is 5.91 Å². The minimum atomic E-state index is -4.58. The van der Waals surface area contributed by atoms with E-state index in [9.17, 15) is 18.0 Å². The summed E-state index contributed by atoms with van der Waals surface area (Å²) in [5, 5.41) is 6.07. The number of anilines is 3. The van der Waals surface area contributed by atoms with E-state index in [1.807, 2.05) is 13.8 Å². The van der Waals surface area contributed by atoms with E-state index in [1.165, 1.54) is 12.1 Å². The van der Waals surface area contributed by atoms with Gasteiger partial charge in [0.1, 0.15) is 0 Å². The fourth-order valence-electron chi connectivity index (χ4n) is 3.71. The van der Waals surface area contributed by atoms with Crippen molar-refractivity contribution >= 4 is 34.7 Å². The lowest BCUT2D eigenvalue weighted by molar-refractivity contribution is -0.137. The summed E-state index contributed by atoms with van der Waals surface area (Å²) in [6.07, 6.45) is -4.16. The number of rotatable bonds is 5. The zero-order chi connectivity index (χ0) is 22.9. The van der Waals surface area contributed by atoms with Crippen molar-refractivity contribution in [2.75, 3.05) is 23.3 Å². The molecule has 7 nitrogen and oxygen atoms in total. The van der Waals surface area contributed by atoms with Crippen LogP contribution in [0.4, 0.5) is 30.4 Å². The van der Waals surface area contributed by atoms with Crippen LogP contribution >= 0.6 is 11.6 Å². The zero-order valence-electron chi connectivity index (χ0n) is 17.3. The van der Waals surface area contributed by atoms with Crippen LogP contribution in [0.25, 0.3) is 0 Å². The number of benzene rings is 1. The molecule has 2 atom stereocenters. The third-order valence-corrected chi connectivity index (χ3v) is 5.25. The van der Waals surface area contributed by atoms with Crippen LogP contribution in [0.15, 0.2) is 18.2 Å². The molecule has 0 unspecified atom stereocenters. The van der Waals surface area contributed by atoms with E-state index >= 15 is 0 Å². The molecule has 11 heteroatoms. The lowest BCUT2D eigenvalue weighted by Crippen LogP contribution is -2.54. The molecule has 2 aromatic rings. The third-order valence-electron chi connectivity index (χ3n) is 4.95. The molecular weight excluding hydrogens is 433 g/mol. The van der Waals surface area contributed by atoms with Crippen LogP contribution in [0.1, 0.15) is 42.5 Å². The van der Waals surface area contributed by atoms with Crippen molar-refractivity contribution in [2.24, 2.45) is 5.73 Å². The quantitative estimate of drug-likeness (QED) is 0.634. The predicted octanol–water partition coefficient (Wildman–Crippen LogP) is 3.74. The standard InChI is InChI=1S/C20H24ClF3N6O/c1-4-14-17(21)29-19(16(28-14)18(25)31)27-12-5-6-15(13(7-12)20(22,23)24)30-8-10(2)26-11(3)9-30/h5-7,10-11,26H,4,8-9H2,1-3H3,(H2,25,31)(H,27,29)/t10-,11+. The van der Waals surface area contributed by atoms with Gasteiger partial charge in [0.15, 0.2) is 16.7 Å². The summed E-state index contributed by atoms with van der Waals surface area (Å²) >= 11 is 6.07. The number of primary amides is 1. The van der Waals surface area contributed by atoms with Gasteiger partial charge < -0.3 is 21.3 Å². The zero-order valence-corrected chi connectivity index (χ0v) is 18.1. The summed E-state index contributed by atoms with van der Waals surface area (Å²) in [4.78, 5) is 21.7. The molecule has 0 spiro atoms. The maximum atomic E-state index is 13.9. The van der Waals surface area contributed by atoms with E-state index < -0.39 is 17.6 Å². The largest absolute Gasteiger partial charge is 0.418 e. The summed E-state index contributed by atoms with van der Waals surface area (Å²) in [6.45, 7) is 6.54. The maximum Gasteiger partial charge on any atom is 0.418 e. The van der Waals surface area contributed by atoms with Crippen LogP contribution in [0, 0.1) is 0 Å². The van der Waals surface area contributed by atoms with Crippen LogP contribution in [0.5, 0.6) is 0 Å². The fourth-order valence-corrected chi connectivity index (χ4v) is 3.97. The third kappa shape index (κ3) is 5.19. The van der Waals surface area contributed by atoms with Crippen molar-refractivity contribution in [2.45, 2.75) is 45.5 Å². The van der Waals surface area contributed by atoms with E-state index in [4.69, 9.17) is 17.3 Å². The number of piperazine rings is 1. The Morgan fingerprint density at radius 2 is 1.94 bits per heavy atom. The number of aryl methyl sites for hydroxylation is 1. The molecule has 0 aliphatic carbocycles. The Bertz CT molecular complexity index is 974. The minimum absolute atomic E-state index is 0.0476. The Kier molecular flexibility index (Phi) is 6.61. The molecule has 0 bridgehead atoms. The first kappa shape index (κ1) is 23.1. The number of nitrogens with one attached hydrogen (secondary N) is 2. The SMILES string of the molecule is CCc1nc(C(N)=O)c(Nc2ccc(N3C[C@@H](C)N[C@@H](C)C3)c(C(F)(F)F)c2)nc1Cl. The van der Waals surface area contributed by atoms with Gasteiger partial charge in [-0.05, 0) is 38.5 Å². The highest BCUT2D eigenvalue weighted by Gasteiger charge is 2.36. The van der Waals surface area contributed by atoms with Crippen LogP contribution in [0.3, 0.4) is 0 Å². The molecule has 1 aromatic heterocycles. The molecule has 1 amide bonds. The Morgan fingerprint density at radius 3 is 2.48 bits per heavy atom. The number of carbonyl (C=O) groups excluding carboxylic acids is 1. The van der Waals surface area contributed by atoms with Crippen molar-refractivity contribution in [3.63, 3.8) is 0 Å². The summed E-state index contributed by atoms with van der Waals surface area (Å²) in [5.74, 6) is -0.960. The number of aromatic nitrogens is 2. The van der Waals surface area contributed by atoms with Gasteiger partial charge in [-0.2, -0.15) is 13.2 Å². The minimum Gasteiger partial charge on any atom is -0.368 e. The highest BCUT2D eigenvalue weighted by molar-refractivity contribution is 6.30. The second-order valence-electron chi connectivity index (χ2n) is 7.60. The number of carbonyl (C=O) groups is 1. The molecule has 1 aliphatic heterocycles. The Hall–Kier alpha value is -2.59. The first-order chi connectivity index (χ1) is 14.5. The number of nitrogens with zero attached hydrogens (tertiary/aromatic N) is 3. The summed E-state index contributed by atoms with van der Waals surface area (Å²) in [7, 11) is 0. The summed E-state index contributed by atoms with van der Waals surface area (Å²) in [6, 6.07) is 4.00. The van der Waals surface area contributed by atoms with Gasteiger partial charge in [0, 0.05) is 36.5 Å². The molecule has 1 saturated heterocycles. The molecule has 1 aromatic carbocycles. The van der Waals surface area contributed by atoms with E-state index in [2.05, 4.69) is 20.6 Å². The molecule has 31 heavy (non-hydrogen) atoms. The molecule has 4 N–H and O–H groups in total. The van der Waals surface area contributed by atoms with Crippen molar-refractivity contribution in [3.05, 3.63) is 40.3 Å². The molecule has 1 fully saturated rings. The van der Waals surface area contributed by atoms with Gasteiger partial charge in [-0.1, -0.05) is 18.5 Å². The molecule has 0 radical (unpaired) electrons. The molecule has 0 saturated carbocycles. The van der Waals surface area contributed by atoms with Gasteiger partial charge >= 0.3 is 6.18 Å². The van der Waals surface area contributed by atoms with Gasteiger partial charge in [-0.15, -0.1) is 0 Å². The van der Waals surface area contributed by atoms with Crippen LogP contribution in [-0.2, 0) is 12.6 Å². The van der Waals surface area contributed by atoms with Crippen LogP contribution < -0.4 is 21.3 Å². The molecule has 168 valence electrons. The van der Waals surface area contributed by atoms with Gasteiger partial charge in [0.05, 0.1) is 11.3 Å². The lowest BCUT2D eigenvalue weighted by Gasteiger charge is -2.38. The van der Waals surface area contributed by atoms with E-state index in [-0.39, 0.29) is 40.1 Å². The van der Waals surface area contributed by atoms with Crippen molar-refractivity contribution in [1.82, 2.24) is 15.3 Å². The van der Waals surface area contributed by atoms with Crippen molar-refractivity contribution in [3.8, 4) is 0 Å². The monoisotopic (exact) mass is 456 g/mol. The maximum absolute atomic E-state index is 13.9. The Labute approximate surface area is 183 Å². The van der Waals surface area contributed by atoms with Crippen molar-refractivity contribution in [1.29, 1.82) is 0 Å². The fraction of sp³-hybridized carbons (Fsp3) is 0.450. The van der Waals surface area contributed by atoms with Gasteiger partial charge in [-0.25, -0.2) is 9.97 Å². The molecular formula is C20H24ClF3N6O. The number of hydrogen-bond acceptors (Lipinski definition) is 6. The van der Waals surface area contributed by atoms with Crippen LogP contribution in [-0.4, -0.2) is 41.0 Å². The average molecular weight is 457 g/mol. The second kappa shape index (κ2) is 8.88. The van der Waals surface area contributed by atoms with Gasteiger partial charge in [-0.3, -0.25) is 4.79 Å². The first-order valence-electron chi connectivity index (χ1n) is 9.85. The van der Waals surface area contributed by atoms with E-state index in [1.54, 1.807) is 11.8 Å². The lowest BCUT2D eigenvalue weighted by atomic mass is 10.1. The Balaban J connectivity index is 2.01. The normalized spacial score (nSPS) is 19.4. The number of hydrogen-bond donors (Lipinski definition) is 3. The van der Waals surface area contributed by atoms with E-state index in [0.29, 0.717) is 25.2 Å². The number of amides is 1. The second-order valence-corrected chi connectivity index (χ2v) is 7.96. The summed E-state index contributed by atoms with van der Waals surface area (Å²) < 4.78 is 41.7. The van der Waals surface area contributed by atoms with Crippen molar-refractivity contribution < 1.29 is 18.0 Å². The average Bonchev–Trinajstić information content (AvgIpc) is 2.66. The predicted molar refractivity (Wildman–Crippen MR) is 114 cm³/mol. The first-order valence-corrected chi connectivity index (χ1v) is 10.2. The molecule has 2 heterocycles. The highest BCUT2D eigenvalue weighted by Crippen LogP contribution is 2.39. The van der Waals surface area contributed by atoms with Crippen LogP contribution in [0.2, 0.25) is 5.15 Å². The van der Waals surface area contributed by atoms with E-state index in [0.717, 1.165) is 6.07 Å². The number of halogens is 4. The highest BCUT2D eigenvalue weighted by atomic mass is 35.5.